The molecule has 0 radical (unpaired) electrons. The van der Waals surface area contributed by atoms with E-state index in [2.05, 4.69) is 10.2 Å². The van der Waals surface area contributed by atoms with Crippen LogP contribution < -0.4 is 10.1 Å². The number of hydrogen-bond acceptors (Lipinski definition) is 8. The molecule has 0 bridgehead atoms. The Morgan fingerprint density at radius 3 is 2.45 bits per heavy atom. The summed E-state index contributed by atoms with van der Waals surface area (Å²) in [6.45, 7) is 10.5. The van der Waals surface area contributed by atoms with E-state index in [1.807, 2.05) is 91.0 Å². The maximum Gasteiger partial charge on any atom is 0.407 e. The highest BCUT2D eigenvalue weighted by Gasteiger charge is 2.37. The Bertz CT molecular complexity index is 1570. The zero-order valence-corrected chi connectivity index (χ0v) is 30.1. The number of carbonyl (C=O) groups is 2. The van der Waals surface area contributed by atoms with Crippen molar-refractivity contribution in [3.05, 3.63) is 107 Å². The number of benzene rings is 3. The predicted molar refractivity (Wildman–Crippen MR) is 197 cm³/mol. The zero-order valence-electron chi connectivity index (χ0n) is 30.1. The summed E-state index contributed by atoms with van der Waals surface area (Å²) < 4.78 is 16.8. The molecule has 10 heteroatoms. The van der Waals surface area contributed by atoms with E-state index in [4.69, 9.17) is 14.2 Å². The third kappa shape index (κ3) is 11.7. The Kier molecular flexibility index (Phi) is 13.7. The van der Waals surface area contributed by atoms with Crippen molar-refractivity contribution in [1.82, 2.24) is 15.1 Å². The lowest BCUT2D eigenvalue weighted by molar-refractivity contribution is -0.136. The SMILES string of the molecule is CC(C)(C)OC(=O)N[C@@H](Cc1ccccc1)[C@@H](O)CCC(=O)N(CC=Cc1ccc(OCCN2CCOCC2)cc1)C1c2ccccc2C[C@H]1O. The number of ether oxygens (including phenoxy) is 3. The van der Waals surface area contributed by atoms with Crippen LogP contribution in [0.4, 0.5) is 4.79 Å². The third-order valence-electron chi connectivity index (χ3n) is 9.21. The lowest BCUT2D eigenvalue weighted by Crippen LogP contribution is -2.47. The number of nitrogens with zero attached hydrogens (tertiary/aromatic N) is 2. The first-order valence-corrected chi connectivity index (χ1v) is 18.0. The minimum absolute atomic E-state index is 0.0260. The fourth-order valence-corrected chi connectivity index (χ4v) is 6.62. The van der Waals surface area contributed by atoms with E-state index < -0.39 is 36.0 Å². The van der Waals surface area contributed by atoms with Crippen LogP contribution in [-0.2, 0) is 27.1 Å². The highest BCUT2D eigenvalue weighted by molar-refractivity contribution is 5.77. The molecule has 1 aliphatic heterocycles. The van der Waals surface area contributed by atoms with Crippen molar-refractivity contribution in [3.8, 4) is 5.75 Å². The van der Waals surface area contributed by atoms with E-state index in [0.717, 1.165) is 60.9 Å². The lowest BCUT2D eigenvalue weighted by Gasteiger charge is -2.32. The number of morpholine rings is 1. The fraction of sp³-hybridized carbons (Fsp3) is 0.463. The minimum atomic E-state index is -1.02. The van der Waals surface area contributed by atoms with E-state index >= 15 is 0 Å². The quantitative estimate of drug-likeness (QED) is 0.199. The summed E-state index contributed by atoms with van der Waals surface area (Å²) in [6, 6.07) is 24.1. The van der Waals surface area contributed by atoms with Gasteiger partial charge in [0.1, 0.15) is 18.0 Å². The first-order valence-electron chi connectivity index (χ1n) is 18.0. The molecule has 0 spiro atoms. The maximum absolute atomic E-state index is 14.0. The van der Waals surface area contributed by atoms with Crippen LogP contribution in [0, 0.1) is 0 Å². The van der Waals surface area contributed by atoms with Gasteiger partial charge in [0.05, 0.1) is 37.5 Å². The highest BCUT2D eigenvalue weighted by Crippen LogP contribution is 2.36. The van der Waals surface area contributed by atoms with Crippen molar-refractivity contribution < 1.29 is 34.0 Å². The van der Waals surface area contributed by atoms with Crippen LogP contribution in [0.3, 0.4) is 0 Å². The van der Waals surface area contributed by atoms with Gasteiger partial charge in [-0.2, -0.15) is 0 Å². The maximum atomic E-state index is 14.0. The molecule has 4 atom stereocenters. The van der Waals surface area contributed by atoms with Gasteiger partial charge in [-0.1, -0.05) is 78.9 Å². The van der Waals surface area contributed by atoms with Crippen LogP contribution in [0.15, 0.2) is 84.9 Å². The Morgan fingerprint density at radius 2 is 1.73 bits per heavy atom. The number of alkyl carbamates (subject to hydrolysis) is 1. The molecule has 0 aromatic heterocycles. The molecule has 274 valence electrons. The molecule has 1 saturated heterocycles. The predicted octanol–water partition coefficient (Wildman–Crippen LogP) is 5.17. The second-order valence-corrected chi connectivity index (χ2v) is 14.3. The molecule has 3 N–H and O–H groups in total. The summed E-state index contributed by atoms with van der Waals surface area (Å²) in [7, 11) is 0. The minimum Gasteiger partial charge on any atom is -0.492 e. The van der Waals surface area contributed by atoms with Gasteiger partial charge in [0, 0.05) is 39.0 Å². The molecule has 2 amide bonds. The van der Waals surface area contributed by atoms with Gasteiger partial charge >= 0.3 is 6.09 Å². The van der Waals surface area contributed by atoms with E-state index in [1.54, 1.807) is 25.7 Å². The number of aliphatic hydroxyl groups excluding tert-OH is 2. The Morgan fingerprint density at radius 1 is 1.02 bits per heavy atom. The molecular weight excluding hydrogens is 646 g/mol. The molecule has 3 aromatic carbocycles. The number of rotatable bonds is 15. The van der Waals surface area contributed by atoms with Gasteiger partial charge < -0.3 is 34.6 Å². The number of hydrogen-bond donors (Lipinski definition) is 3. The number of nitrogens with one attached hydrogen (secondary N) is 1. The average Bonchev–Trinajstić information content (AvgIpc) is 3.44. The van der Waals surface area contributed by atoms with Gasteiger partial charge in [-0.05, 0) is 68.0 Å². The Balaban J connectivity index is 1.24. The molecule has 1 fully saturated rings. The van der Waals surface area contributed by atoms with Crippen LogP contribution in [0.1, 0.15) is 61.9 Å². The summed E-state index contributed by atoms with van der Waals surface area (Å²) >= 11 is 0. The van der Waals surface area contributed by atoms with Crippen molar-refractivity contribution in [1.29, 1.82) is 0 Å². The van der Waals surface area contributed by atoms with Gasteiger partial charge in [-0.15, -0.1) is 0 Å². The van der Waals surface area contributed by atoms with Crippen LogP contribution >= 0.6 is 0 Å². The Labute approximate surface area is 302 Å². The van der Waals surface area contributed by atoms with E-state index in [9.17, 15) is 19.8 Å². The van der Waals surface area contributed by atoms with Crippen molar-refractivity contribution in [2.45, 2.75) is 76.3 Å². The van der Waals surface area contributed by atoms with E-state index in [1.165, 1.54) is 0 Å². The van der Waals surface area contributed by atoms with Gasteiger partial charge in [-0.3, -0.25) is 9.69 Å². The summed E-state index contributed by atoms with van der Waals surface area (Å²) in [5.41, 5.74) is 3.15. The Hall–Kier alpha value is -4.22. The number of aliphatic hydroxyl groups is 2. The van der Waals surface area contributed by atoms with E-state index in [-0.39, 0.29) is 25.3 Å². The first-order chi connectivity index (χ1) is 24.6. The molecule has 0 saturated carbocycles. The second kappa shape index (κ2) is 18.3. The topological polar surface area (TPSA) is 121 Å². The number of amides is 2. The van der Waals surface area contributed by atoms with Crippen LogP contribution in [0.5, 0.6) is 5.75 Å². The van der Waals surface area contributed by atoms with Crippen molar-refractivity contribution in [2.75, 3.05) is 46.0 Å². The largest absolute Gasteiger partial charge is 0.492 e. The lowest BCUT2D eigenvalue weighted by atomic mass is 9.97. The molecule has 5 rings (SSSR count). The van der Waals surface area contributed by atoms with E-state index in [0.29, 0.717) is 19.4 Å². The molecule has 10 nitrogen and oxygen atoms in total. The first kappa shape index (κ1) is 38.0. The highest BCUT2D eigenvalue weighted by atomic mass is 16.6. The molecule has 3 aromatic rings. The van der Waals surface area contributed by atoms with Crippen LogP contribution in [-0.4, -0.2) is 102 Å². The number of carbonyl (C=O) groups excluding carboxylic acids is 2. The molecule has 51 heavy (non-hydrogen) atoms. The summed E-state index contributed by atoms with van der Waals surface area (Å²) in [5, 5.41) is 25.4. The average molecular weight is 700 g/mol. The van der Waals surface area contributed by atoms with Crippen molar-refractivity contribution in [2.24, 2.45) is 0 Å². The molecule has 1 heterocycles. The molecule has 2 aliphatic rings. The second-order valence-electron chi connectivity index (χ2n) is 14.3. The van der Waals surface area contributed by atoms with Gasteiger partial charge in [0.2, 0.25) is 5.91 Å². The standard InChI is InChI=1S/C41H53N3O7/c1-41(2,3)51-40(48)42-35(28-31-10-5-4-6-11-31)36(45)19-20-38(47)44(39-34-14-8-7-13-32(34)29-37(39)46)21-9-12-30-15-17-33(18-16-30)50-27-24-43-22-25-49-26-23-43/h4-18,35-37,39,45-46H,19-29H2,1-3H3,(H,42,48)/t35-,36-,37+,39?/m0/s1. The van der Waals surface area contributed by atoms with Crippen molar-refractivity contribution >= 4 is 18.1 Å². The fourth-order valence-electron chi connectivity index (χ4n) is 6.62. The zero-order chi connectivity index (χ0) is 36.2. The molecule has 1 aliphatic carbocycles. The van der Waals surface area contributed by atoms with Crippen LogP contribution in [0.25, 0.3) is 6.08 Å². The van der Waals surface area contributed by atoms with Crippen molar-refractivity contribution in [3.63, 3.8) is 0 Å². The summed E-state index contributed by atoms with van der Waals surface area (Å²) in [5.74, 6) is 0.604. The van der Waals surface area contributed by atoms with Gasteiger partial charge in [0.15, 0.2) is 0 Å². The molecular formula is C41H53N3O7. The van der Waals surface area contributed by atoms with Crippen LogP contribution in [0.2, 0.25) is 0 Å². The number of fused-ring (bicyclic) bond motifs is 1. The smallest absolute Gasteiger partial charge is 0.407 e. The normalized spacial score (nSPS) is 18.9. The third-order valence-corrected chi connectivity index (χ3v) is 9.21. The summed E-state index contributed by atoms with van der Waals surface area (Å²) in [6.07, 6.45) is 2.46. The van der Waals surface area contributed by atoms with Gasteiger partial charge in [-0.25, -0.2) is 4.79 Å². The monoisotopic (exact) mass is 699 g/mol. The van der Waals surface area contributed by atoms with Gasteiger partial charge in [0.25, 0.3) is 0 Å². The summed E-state index contributed by atoms with van der Waals surface area (Å²) in [4.78, 5) is 30.8. The molecule has 1 unspecified atom stereocenters.